The van der Waals surface area contributed by atoms with E-state index in [-0.39, 0.29) is 18.4 Å². The molecule has 1 aromatic carbocycles. The van der Waals surface area contributed by atoms with Crippen molar-refractivity contribution in [3.63, 3.8) is 0 Å². The molecule has 1 amide bonds. The summed E-state index contributed by atoms with van der Waals surface area (Å²) in [5, 5.41) is 10.3. The summed E-state index contributed by atoms with van der Waals surface area (Å²) in [6.45, 7) is 7.41. The van der Waals surface area contributed by atoms with Gasteiger partial charge in [-0.3, -0.25) is 4.79 Å². The molecule has 3 aromatic heterocycles. The number of amides is 1. The van der Waals surface area contributed by atoms with Gasteiger partial charge in [0, 0.05) is 61.1 Å². The van der Waals surface area contributed by atoms with Crippen molar-refractivity contribution in [1.29, 1.82) is 0 Å². The summed E-state index contributed by atoms with van der Waals surface area (Å²) in [4.78, 5) is 27.2. The first-order chi connectivity index (χ1) is 20.4. The number of methoxy groups -OCH3 is 1. The highest BCUT2D eigenvalue weighted by Gasteiger charge is 2.55. The summed E-state index contributed by atoms with van der Waals surface area (Å²) in [7, 11) is 1.60. The number of nitrogen functional groups attached to an aromatic ring is 1. The van der Waals surface area contributed by atoms with Gasteiger partial charge in [-0.2, -0.15) is 0 Å². The van der Waals surface area contributed by atoms with Crippen LogP contribution in [-0.2, 0) is 11.3 Å². The van der Waals surface area contributed by atoms with Crippen molar-refractivity contribution in [2.75, 3.05) is 32.5 Å². The summed E-state index contributed by atoms with van der Waals surface area (Å²) in [5.74, 6) is 9.75. The standard InChI is InChI=1S/C32H32N6O4/c1-4-28(40)37-16-23-21(24(23)17-37)11-12-25-29(30-31(33)34-18-35-32(30)38(25)13-6-14-39)22-10-9-20(15-26(22)41-3)42-27-8-5-7-19(2)36-27/h4-5,7-10,15,18,21,23-24,39H,1,6,13-14,16-17H2,2-3H3,(H2,33,34,35)/t21-,23-,24+. The lowest BCUT2D eigenvalue weighted by Gasteiger charge is -2.16. The molecule has 3 atom stereocenters. The molecule has 10 heteroatoms. The molecule has 10 nitrogen and oxygen atoms in total. The molecule has 0 radical (unpaired) electrons. The number of carbonyl (C=O) groups excluding carboxylic acids is 1. The lowest BCUT2D eigenvalue weighted by Crippen LogP contribution is -2.29. The van der Waals surface area contributed by atoms with Gasteiger partial charge in [-0.25, -0.2) is 15.0 Å². The molecule has 42 heavy (non-hydrogen) atoms. The number of benzene rings is 1. The minimum Gasteiger partial charge on any atom is -0.496 e. The second-order valence-corrected chi connectivity index (χ2v) is 10.6. The highest BCUT2D eigenvalue weighted by atomic mass is 16.5. The van der Waals surface area contributed by atoms with Gasteiger partial charge in [-0.1, -0.05) is 18.6 Å². The number of likely N-dealkylation sites (tertiary alicyclic amines) is 1. The van der Waals surface area contributed by atoms with Crippen LogP contribution in [-0.4, -0.2) is 62.2 Å². The molecule has 214 valence electrons. The number of carbonyl (C=O) groups is 1. The molecule has 1 saturated heterocycles. The fourth-order valence-corrected chi connectivity index (χ4v) is 5.87. The van der Waals surface area contributed by atoms with Crippen molar-refractivity contribution in [3.8, 4) is 40.3 Å². The predicted octanol–water partition coefficient (Wildman–Crippen LogP) is 3.81. The molecule has 3 N–H and O–H groups in total. The van der Waals surface area contributed by atoms with E-state index < -0.39 is 0 Å². The largest absolute Gasteiger partial charge is 0.496 e. The van der Waals surface area contributed by atoms with Crippen molar-refractivity contribution in [2.24, 2.45) is 17.8 Å². The van der Waals surface area contributed by atoms with Crippen LogP contribution in [0.5, 0.6) is 17.4 Å². The van der Waals surface area contributed by atoms with Gasteiger partial charge in [0.15, 0.2) is 0 Å². The minimum absolute atomic E-state index is 0.0186. The second kappa shape index (κ2) is 11.2. The van der Waals surface area contributed by atoms with Crippen LogP contribution in [0.15, 0.2) is 55.4 Å². The van der Waals surface area contributed by atoms with Crippen LogP contribution in [0.4, 0.5) is 5.82 Å². The number of hydrogen-bond acceptors (Lipinski definition) is 8. The number of ether oxygens (including phenoxy) is 2. The van der Waals surface area contributed by atoms with Crippen molar-refractivity contribution in [3.05, 3.63) is 66.8 Å². The molecule has 2 aliphatic rings. The number of aliphatic hydroxyl groups is 1. The van der Waals surface area contributed by atoms with Crippen LogP contribution < -0.4 is 15.2 Å². The first-order valence-corrected chi connectivity index (χ1v) is 13.9. The number of pyridine rings is 1. The highest BCUT2D eigenvalue weighted by molar-refractivity contribution is 6.04. The van der Waals surface area contributed by atoms with Crippen LogP contribution in [0.2, 0.25) is 0 Å². The highest BCUT2D eigenvalue weighted by Crippen LogP contribution is 2.51. The second-order valence-electron chi connectivity index (χ2n) is 10.6. The Morgan fingerprint density at radius 3 is 2.76 bits per heavy atom. The molecule has 1 aliphatic heterocycles. The van der Waals surface area contributed by atoms with E-state index in [0.717, 1.165) is 22.5 Å². The van der Waals surface area contributed by atoms with Crippen molar-refractivity contribution >= 4 is 22.8 Å². The number of nitrogens with two attached hydrogens (primary N) is 1. The number of aliphatic hydroxyl groups excluding tert-OH is 1. The van der Waals surface area contributed by atoms with E-state index in [0.29, 0.717) is 72.1 Å². The van der Waals surface area contributed by atoms with E-state index in [2.05, 4.69) is 33.4 Å². The molecule has 4 aromatic rings. The summed E-state index contributed by atoms with van der Waals surface area (Å²) in [6.07, 6.45) is 3.32. The Balaban J connectivity index is 1.43. The Morgan fingerprint density at radius 2 is 2.05 bits per heavy atom. The zero-order valence-electron chi connectivity index (χ0n) is 23.6. The number of anilines is 1. The smallest absolute Gasteiger partial charge is 0.245 e. The van der Waals surface area contributed by atoms with E-state index >= 15 is 0 Å². The monoisotopic (exact) mass is 564 g/mol. The third kappa shape index (κ3) is 4.92. The molecule has 0 unspecified atom stereocenters. The van der Waals surface area contributed by atoms with Gasteiger partial charge in [0.25, 0.3) is 0 Å². The molecule has 0 spiro atoms. The van der Waals surface area contributed by atoms with Gasteiger partial charge in [0.05, 0.1) is 12.5 Å². The molecule has 4 heterocycles. The Morgan fingerprint density at radius 1 is 1.24 bits per heavy atom. The average molecular weight is 565 g/mol. The number of hydrogen-bond donors (Lipinski definition) is 2. The summed E-state index contributed by atoms with van der Waals surface area (Å²) < 4.78 is 13.9. The first kappa shape index (κ1) is 27.3. The molecule has 0 bridgehead atoms. The SMILES string of the molecule is C=CC(=O)N1C[C@@H]2[C@@H](C#Cc3c(-c4ccc(Oc5cccc(C)n5)cc4OC)c4c(N)ncnc4n3CCCO)[C@@H]2C1. The number of piperidine rings is 1. The van der Waals surface area contributed by atoms with Gasteiger partial charge in [-0.15, -0.1) is 0 Å². The fourth-order valence-electron chi connectivity index (χ4n) is 5.87. The number of aromatic nitrogens is 4. The number of aryl methyl sites for hydroxylation is 2. The maximum atomic E-state index is 12.0. The molecule has 6 rings (SSSR count). The molecular weight excluding hydrogens is 532 g/mol. The zero-order chi connectivity index (χ0) is 29.4. The Bertz CT molecular complexity index is 1740. The normalized spacial score (nSPS) is 18.7. The molecule has 1 aliphatic carbocycles. The van der Waals surface area contributed by atoms with Gasteiger partial charge in [0.1, 0.15) is 35.0 Å². The zero-order valence-corrected chi connectivity index (χ0v) is 23.6. The van der Waals surface area contributed by atoms with Crippen LogP contribution in [0.1, 0.15) is 17.8 Å². The van der Waals surface area contributed by atoms with E-state index in [1.54, 1.807) is 13.2 Å². The lowest BCUT2D eigenvalue weighted by atomic mass is 10.0. The Labute approximate surface area is 243 Å². The van der Waals surface area contributed by atoms with E-state index in [9.17, 15) is 9.90 Å². The van der Waals surface area contributed by atoms with Crippen LogP contribution in [0.25, 0.3) is 22.2 Å². The molecular formula is C32H32N6O4. The average Bonchev–Trinajstić information content (AvgIpc) is 3.29. The lowest BCUT2D eigenvalue weighted by molar-refractivity contribution is -0.125. The molecule has 1 saturated carbocycles. The maximum Gasteiger partial charge on any atom is 0.245 e. The maximum absolute atomic E-state index is 12.0. The third-order valence-electron chi connectivity index (χ3n) is 7.97. The van der Waals surface area contributed by atoms with Gasteiger partial charge in [-0.05, 0) is 55.4 Å². The van der Waals surface area contributed by atoms with Crippen molar-refractivity contribution < 1.29 is 19.4 Å². The first-order valence-electron chi connectivity index (χ1n) is 13.9. The third-order valence-corrected chi connectivity index (χ3v) is 7.97. The summed E-state index contributed by atoms with van der Waals surface area (Å²) >= 11 is 0. The van der Waals surface area contributed by atoms with Crippen LogP contribution in [0, 0.1) is 36.5 Å². The van der Waals surface area contributed by atoms with Gasteiger partial charge < -0.3 is 29.8 Å². The van der Waals surface area contributed by atoms with E-state index in [1.165, 1.54) is 12.4 Å². The summed E-state index contributed by atoms with van der Waals surface area (Å²) in [5.41, 5.74) is 10.2. The molecule has 2 fully saturated rings. The van der Waals surface area contributed by atoms with Crippen molar-refractivity contribution in [2.45, 2.75) is 19.9 Å². The number of rotatable bonds is 8. The van der Waals surface area contributed by atoms with Crippen LogP contribution >= 0.6 is 0 Å². The Hall–Kier alpha value is -4.88. The Kier molecular flexibility index (Phi) is 7.27. The summed E-state index contributed by atoms with van der Waals surface area (Å²) in [6, 6.07) is 11.2. The van der Waals surface area contributed by atoms with E-state index in [1.807, 2.05) is 46.7 Å². The predicted molar refractivity (Wildman–Crippen MR) is 159 cm³/mol. The fraction of sp³-hybridized carbons (Fsp3) is 0.312. The van der Waals surface area contributed by atoms with Crippen LogP contribution in [0.3, 0.4) is 0 Å². The number of fused-ring (bicyclic) bond motifs is 2. The topological polar surface area (TPSA) is 129 Å². The quantitative estimate of drug-likeness (QED) is 0.244. The van der Waals surface area contributed by atoms with Gasteiger partial charge in [0.2, 0.25) is 11.8 Å². The number of nitrogens with zero attached hydrogens (tertiary/aromatic N) is 5. The van der Waals surface area contributed by atoms with E-state index in [4.69, 9.17) is 15.2 Å². The van der Waals surface area contributed by atoms with Crippen molar-refractivity contribution in [1.82, 2.24) is 24.4 Å². The minimum atomic E-state index is -0.0351. The van der Waals surface area contributed by atoms with Gasteiger partial charge >= 0.3 is 0 Å².